The highest BCUT2D eigenvalue weighted by Crippen LogP contribution is 2.17. The lowest BCUT2D eigenvalue weighted by molar-refractivity contribution is 0.459. The van der Waals surface area contributed by atoms with Gasteiger partial charge >= 0.3 is 0 Å². The molecular formula is C11H15BrFN. The lowest BCUT2D eigenvalue weighted by Crippen LogP contribution is -2.15. The molecule has 0 unspecified atom stereocenters. The first-order valence-electron chi connectivity index (χ1n) is 4.75. The number of benzene rings is 1. The Bertz CT molecular complexity index is 289. The number of halogens is 2. The standard InChI is InChI=1S/C11H15BrFN/c1-9-3-4-10(11(12)7-9)8-14-6-2-5-13/h3-4,7,14H,2,5-6,8H2,1H3. The van der Waals surface area contributed by atoms with E-state index in [2.05, 4.69) is 46.4 Å². The van der Waals surface area contributed by atoms with Gasteiger partial charge in [0, 0.05) is 11.0 Å². The van der Waals surface area contributed by atoms with Crippen LogP contribution in [0.1, 0.15) is 17.5 Å². The number of hydrogen-bond acceptors (Lipinski definition) is 1. The quantitative estimate of drug-likeness (QED) is 0.801. The molecule has 0 aliphatic rings. The molecule has 1 nitrogen and oxygen atoms in total. The molecule has 78 valence electrons. The Kier molecular flexibility index (Phi) is 5.12. The summed E-state index contributed by atoms with van der Waals surface area (Å²) in [6.07, 6.45) is 0.587. The SMILES string of the molecule is Cc1ccc(CNCCCF)c(Br)c1. The molecule has 0 aliphatic carbocycles. The van der Waals surface area contributed by atoms with Gasteiger partial charge in [-0.1, -0.05) is 28.1 Å². The predicted molar refractivity (Wildman–Crippen MR) is 61.2 cm³/mol. The van der Waals surface area contributed by atoms with Crippen LogP contribution < -0.4 is 5.32 Å². The highest BCUT2D eigenvalue weighted by atomic mass is 79.9. The lowest BCUT2D eigenvalue weighted by atomic mass is 10.1. The van der Waals surface area contributed by atoms with Gasteiger partial charge in [0.1, 0.15) is 0 Å². The van der Waals surface area contributed by atoms with E-state index in [-0.39, 0.29) is 6.67 Å². The van der Waals surface area contributed by atoms with Crippen LogP contribution in [0.5, 0.6) is 0 Å². The van der Waals surface area contributed by atoms with Crippen molar-refractivity contribution in [3.05, 3.63) is 33.8 Å². The molecule has 14 heavy (non-hydrogen) atoms. The fraction of sp³-hybridized carbons (Fsp3) is 0.455. The monoisotopic (exact) mass is 259 g/mol. The Morgan fingerprint density at radius 2 is 2.21 bits per heavy atom. The molecule has 0 aliphatic heterocycles. The van der Waals surface area contributed by atoms with Gasteiger partial charge in [0.05, 0.1) is 6.67 Å². The van der Waals surface area contributed by atoms with Gasteiger partial charge in [-0.15, -0.1) is 0 Å². The van der Waals surface area contributed by atoms with Crippen molar-refractivity contribution in [2.45, 2.75) is 19.9 Å². The third-order valence-electron chi connectivity index (χ3n) is 2.01. The fourth-order valence-electron chi connectivity index (χ4n) is 1.21. The minimum atomic E-state index is -0.248. The summed E-state index contributed by atoms with van der Waals surface area (Å²) in [6, 6.07) is 6.25. The number of aryl methyl sites for hydroxylation is 1. The Labute approximate surface area is 92.8 Å². The van der Waals surface area contributed by atoms with Crippen LogP contribution in [0.15, 0.2) is 22.7 Å². The van der Waals surface area contributed by atoms with Crippen LogP contribution in [0.2, 0.25) is 0 Å². The highest BCUT2D eigenvalue weighted by molar-refractivity contribution is 9.10. The summed E-state index contributed by atoms with van der Waals surface area (Å²) in [5, 5.41) is 3.19. The molecule has 1 N–H and O–H groups in total. The van der Waals surface area contributed by atoms with Crippen molar-refractivity contribution in [2.75, 3.05) is 13.2 Å². The zero-order valence-electron chi connectivity index (χ0n) is 8.32. The molecule has 0 bridgehead atoms. The van der Waals surface area contributed by atoms with E-state index in [9.17, 15) is 4.39 Å². The topological polar surface area (TPSA) is 12.0 Å². The maximum Gasteiger partial charge on any atom is 0.0906 e. The first-order chi connectivity index (χ1) is 6.74. The second-order valence-electron chi connectivity index (χ2n) is 3.31. The summed E-state index contributed by atoms with van der Waals surface area (Å²) in [5.74, 6) is 0. The predicted octanol–water partition coefficient (Wildman–Crippen LogP) is 3.21. The van der Waals surface area contributed by atoms with Crippen LogP contribution in [0, 0.1) is 6.92 Å². The Morgan fingerprint density at radius 3 is 2.86 bits per heavy atom. The van der Waals surface area contributed by atoms with Crippen LogP contribution in [-0.4, -0.2) is 13.2 Å². The number of hydrogen-bond donors (Lipinski definition) is 1. The normalized spacial score (nSPS) is 10.5. The molecule has 3 heteroatoms. The number of alkyl halides is 1. The average molecular weight is 260 g/mol. The molecule has 0 amide bonds. The van der Waals surface area contributed by atoms with E-state index >= 15 is 0 Å². The first-order valence-corrected chi connectivity index (χ1v) is 5.55. The minimum Gasteiger partial charge on any atom is -0.313 e. The zero-order chi connectivity index (χ0) is 10.4. The molecule has 0 spiro atoms. The van der Waals surface area contributed by atoms with Gasteiger partial charge in [-0.2, -0.15) is 0 Å². The smallest absolute Gasteiger partial charge is 0.0906 e. The van der Waals surface area contributed by atoms with Crippen molar-refractivity contribution in [1.82, 2.24) is 5.32 Å². The Morgan fingerprint density at radius 1 is 1.43 bits per heavy atom. The molecule has 0 saturated carbocycles. The van der Waals surface area contributed by atoms with Gasteiger partial charge in [0.15, 0.2) is 0 Å². The third-order valence-corrected chi connectivity index (χ3v) is 2.75. The van der Waals surface area contributed by atoms with E-state index in [1.54, 1.807) is 0 Å². The van der Waals surface area contributed by atoms with Crippen LogP contribution >= 0.6 is 15.9 Å². The molecule has 0 saturated heterocycles. The summed E-state index contributed by atoms with van der Waals surface area (Å²) >= 11 is 3.50. The van der Waals surface area contributed by atoms with Crippen molar-refractivity contribution < 1.29 is 4.39 Å². The van der Waals surface area contributed by atoms with Crippen molar-refractivity contribution >= 4 is 15.9 Å². The van der Waals surface area contributed by atoms with Crippen molar-refractivity contribution in [2.24, 2.45) is 0 Å². The Hall–Kier alpha value is -0.410. The molecule has 1 rings (SSSR count). The number of nitrogens with one attached hydrogen (secondary N) is 1. The molecule has 0 atom stereocenters. The number of rotatable bonds is 5. The maximum absolute atomic E-state index is 11.8. The average Bonchev–Trinajstić information content (AvgIpc) is 2.15. The summed E-state index contributed by atoms with van der Waals surface area (Å²) in [5.41, 5.74) is 2.46. The minimum absolute atomic E-state index is 0.248. The van der Waals surface area contributed by atoms with E-state index < -0.39 is 0 Å². The summed E-state index contributed by atoms with van der Waals surface area (Å²) in [6.45, 7) is 3.34. The molecule has 0 aromatic heterocycles. The first kappa shape index (κ1) is 11.7. The van der Waals surface area contributed by atoms with E-state index in [0.29, 0.717) is 6.42 Å². The largest absolute Gasteiger partial charge is 0.313 e. The molecule has 0 radical (unpaired) electrons. The van der Waals surface area contributed by atoms with E-state index in [1.165, 1.54) is 11.1 Å². The van der Waals surface area contributed by atoms with Gasteiger partial charge in [-0.25, -0.2) is 0 Å². The molecule has 1 aromatic carbocycles. The lowest BCUT2D eigenvalue weighted by Gasteiger charge is -2.06. The second kappa shape index (κ2) is 6.14. The van der Waals surface area contributed by atoms with E-state index in [1.807, 2.05) is 0 Å². The van der Waals surface area contributed by atoms with Gasteiger partial charge in [0.25, 0.3) is 0 Å². The van der Waals surface area contributed by atoms with Crippen LogP contribution in [0.3, 0.4) is 0 Å². The third kappa shape index (κ3) is 3.76. The van der Waals surface area contributed by atoms with Crippen LogP contribution in [-0.2, 0) is 6.54 Å². The van der Waals surface area contributed by atoms with Gasteiger partial charge < -0.3 is 5.32 Å². The van der Waals surface area contributed by atoms with Crippen molar-refractivity contribution in [3.63, 3.8) is 0 Å². The van der Waals surface area contributed by atoms with Crippen LogP contribution in [0.25, 0.3) is 0 Å². The molecule has 0 heterocycles. The fourth-order valence-corrected chi connectivity index (χ4v) is 1.84. The zero-order valence-corrected chi connectivity index (χ0v) is 9.90. The summed E-state index contributed by atoms with van der Waals surface area (Å²) in [7, 11) is 0. The molecular weight excluding hydrogens is 245 g/mol. The second-order valence-corrected chi connectivity index (χ2v) is 4.17. The van der Waals surface area contributed by atoms with E-state index in [4.69, 9.17) is 0 Å². The maximum atomic E-state index is 11.8. The van der Waals surface area contributed by atoms with E-state index in [0.717, 1.165) is 17.6 Å². The van der Waals surface area contributed by atoms with Crippen molar-refractivity contribution in [1.29, 1.82) is 0 Å². The summed E-state index contributed by atoms with van der Waals surface area (Å²) < 4.78 is 12.9. The Balaban J connectivity index is 2.42. The van der Waals surface area contributed by atoms with Crippen LogP contribution in [0.4, 0.5) is 4.39 Å². The van der Waals surface area contributed by atoms with Crippen molar-refractivity contribution in [3.8, 4) is 0 Å². The van der Waals surface area contributed by atoms with Gasteiger partial charge in [-0.05, 0) is 37.1 Å². The summed E-state index contributed by atoms with van der Waals surface area (Å²) in [4.78, 5) is 0. The molecule has 1 aromatic rings. The van der Waals surface area contributed by atoms with Gasteiger partial charge in [0.2, 0.25) is 0 Å². The van der Waals surface area contributed by atoms with Gasteiger partial charge in [-0.3, -0.25) is 4.39 Å². The molecule has 0 fully saturated rings. The highest BCUT2D eigenvalue weighted by Gasteiger charge is 1.98.